The van der Waals surface area contributed by atoms with E-state index in [1.54, 1.807) is 24.1 Å². The molecule has 0 aromatic heterocycles. The summed E-state index contributed by atoms with van der Waals surface area (Å²) in [5.41, 5.74) is 1.96. The van der Waals surface area contributed by atoms with Crippen molar-refractivity contribution < 1.29 is 9.59 Å². The van der Waals surface area contributed by atoms with Gasteiger partial charge in [0.05, 0.1) is 12.0 Å². The van der Waals surface area contributed by atoms with E-state index < -0.39 is 0 Å². The maximum Gasteiger partial charge on any atom is 0.226 e. The van der Waals surface area contributed by atoms with E-state index in [2.05, 4.69) is 5.32 Å². The Kier molecular flexibility index (Phi) is 4.86. The Morgan fingerprint density at radius 3 is 2.50 bits per heavy atom. The molecule has 0 aliphatic carbocycles. The maximum atomic E-state index is 12.6. The molecule has 1 aliphatic rings. The quantitative estimate of drug-likeness (QED) is 0.927. The molecule has 2 amide bonds. The van der Waals surface area contributed by atoms with E-state index >= 15 is 0 Å². The second kappa shape index (κ2) is 7.05. The van der Waals surface area contributed by atoms with E-state index in [9.17, 15) is 9.59 Å². The monoisotopic (exact) mass is 342 g/mol. The Balaban J connectivity index is 1.72. The van der Waals surface area contributed by atoms with Crippen LogP contribution in [0.15, 0.2) is 54.6 Å². The number of nitrogens with one attached hydrogen (secondary N) is 1. The standard InChI is InChI=1S/C19H19ClN2O2/c1-22-17(23)11-16(18(22)14-5-3-2-4-6-14)19(24)21-12-13-7-9-15(20)10-8-13/h2-10,16,18H,11-12H2,1H3,(H,21,24)/t16-,18-/m0/s1. The van der Waals surface area contributed by atoms with Crippen LogP contribution in [-0.2, 0) is 16.1 Å². The molecule has 2 aromatic rings. The van der Waals surface area contributed by atoms with Crippen LogP contribution < -0.4 is 5.32 Å². The molecular formula is C19H19ClN2O2. The highest BCUT2D eigenvalue weighted by atomic mass is 35.5. The van der Waals surface area contributed by atoms with Crippen LogP contribution in [0.1, 0.15) is 23.6 Å². The summed E-state index contributed by atoms with van der Waals surface area (Å²) in [7, 11) is 1.76. The van der Waals surface area contributed by atoms with Gasteiger partial charge in [-0.25, -0.2) is 0 Å². The summed E-state index contributed by atoms with van der Waals surface area (Å²) in [6, 6.07) is 16.8. The van der Waals surface area contributed by atoms with Crippen LogP contribution in [0.3, 0.4) is 0 Å². The highest BCUT2D eigenvalue weighted by molar-refractivity contribution is 6.30. The second-order valence-corrected chi connectivity index (χ2v) is 6.45. The lowest BCUT2D eigenvalue weighted by Gasteiger charge is -2.25. The third kappa shape index (κ3) is 3.44. The minimum Gasteiger partial charge on any atom is -0.352 e. The molecule has 1 aliphatic heterocycles. The van der Waals surface area contributed by atoms with Crippen LogP contribution in [-0.4, -0.2) is 23.8 Å². The first-order valence-corrected chi connectivity index (χ1v) is 8.27. The van der Waals surface area contributed by atoms with Gasteiger partial charge in [0.25, 0.3) is 0 Å². The lowest BCUT2D eigenvalue weighted by Crippen LogP contribution is -2.34. The molecule has 1 heterocycles. The molecule has 1 saturated heterocycles. The van der Waals surface area contributed by atoms with Crippen molar-refractivity contribution >= 4 is 23.4 Å². The Hall–Kier alpha value is -2.33. The Morgan fingerprint density at radius 1 is 1.17 bits per heavy atom. The van der Waals surface area contributed by atoms with Crippen molar-refractivity contribution in [1.29, 1.82) is 0 Å². The fourth-order valence-electron chi connectivity index (χ4n) is 3.13. The molecule has 2 aromatic carbocycles. The van der Waals surface area contributed by atoms with Crippen LogP contribution >= 0.6 is 11.6 Å². The molecule has 24 heavy (non-hydrogen) atoms. The van der Waals surface area contributed by atoms with Crippen LogP contribution in [0.5, 0.6) is 0 Å². The molecule has 3 rings (SSSR count). The minimum atomic E-state index is -0.378. The van der Waals surface area contributed by atoms with Gasteiger partial charge in [0.2, 0.25) is 11.8 Å². The normalized spacial score (nSPS) is 20.2. The molecule has 1 fully saturated rings. The van der Waals surface area contributed by atoms with Gasteiger partial charge in [-0.2, -0.15) is 0 Å². The van der Waals surface area contributed by atoms with Crippen molar-refractivity contribution in [2.24, 2.45) is 5.92 Å². The first-order chi connectivity index (χ1) is 11.6. The van der Waals surface area contributed by atoms with Crippen molar-refractivity contribution in [2.75, 3.05) is 7.05 Å². The summed E-state index contributed by atoms with van der Waals surface area (Å²) in [6.45, 7) is 0.423. The minimum absolute atomic E-state index is 0.00417. The van der Waals surface area contributed by atoms with E-state index in [0.717, 1.165) is 11.1 Å². The van der Waals surface area contributed by atoms with Crippen molar-refractivity contribution in [3.05, 3.63) is 70.7 Å². The average molecular weight is 343 g/mol. The molecule has 4 nitrogen and oxygen atoms in total. The van der Waals surface area contributed by atoms with Crippen molar-refractivity contribution in [1.82, 2.24) is 10.2 Å². The van der Waals surface area contributed by atoms with E-state index in [1.807, 2.05) is 42.5 Å². The number of hydrogen-bond acceptors (Lipinski definition) is 2. The number of carbonyl (C=O) groups excluding carboxylic acids is 2. The third-order valence-corrected chi connectivity index (χ3v) is 4.70. The molecule has 0 saturated carbocycles. The summed E-state index contributed by atoms with van der Waals surface area (Å²) in [6.07, 6.45) is 0.239. The molecule has 0 spiro atoms. The number of carbonyl (C=O) groups is 2. The number of likely N-dealkylation sites (tertiary alicyclic amines) is 1. The van der Waals surface area contributed by atoms with Crippen LogP contribution in [0.2, 0.25) is 5.02 Å². The van der Waals surface area contributed by atoms with Gasteiger partial charge in [0.15, 0.2) is 0 Å². The molecule has 0 radical (unpaired) electrons. The molecule has 2 atom stereocenters. The van der Waals surface area contributed by atoms with Gasteiger partial charge in [-0.05, 0) is 23.3 Å². The Morgan fingerprint density at radius 2 is 1.83 bits per heavy atom. The third-order valence-electron chi connectivity index (χ3n) is 4.44. The lowest BCUT2D eigenvalue weighted by atomic mass is 9.93. The number of nitrogens with zero attached hydrogens (tertiary/aromatic N) is 1. The van der Waals surface area contributed by atoms with E-state index in [0.29, 0.717) is 11.6 Å². The number of amides is 2. The highest BCUT2D eigenvalue weighted by Crippen LogP contribution is 2.36. The fourth-order valence-corrected chi connectivity index (χ4v) is 3.26. The molecular weight excluding hydrogens is 324 g/mol. The van der Waals surface area contributed by atoms with Crippen LogP contribution in [0.25, 0.3) is 0 Å². The second-order valence-electron chi connectivity index (χ2n) is 6.02. The van der Waals surface area contributed by atoms with Gasteiger partial charge >= 0.3 is 0 Å². The van der Waals surface area contributed by atoms with E-state index in [4.69, 9.17) is 11.6 Å². The zero-order chi connectivity index (χ0) is 17.1. The number of benzene rings is 2. The predicted molar refractivity (Wildman–Crippen MR) is 93.4 cm³/mol. The molecule has 1 N–H and O–H groups in total. The SMILES string of the molecule is CN1C(=O)C[C@H](C(=O)NCc2ccc(Cl)cc2)[C@@H]1c1ccccc1. The number of hydrogen-bond donors (Lipinski definition) is 1. The van der Waals surface area contributed by atoms with Crippen molar-refractivity contribution in [3.8, 4) is 0 Å². The summed E-state index contributed by atoms with van der Waals surface area (Å²) in [5, 5.41) is 3.60. The lowest BCUT2D eigenvalue weighted by molar-refractivity contribution is -0.128. The van der Waals surface area contributed by atoms with Gasteiger partial charge in [-0.3, -0.25) is 9.59 Å². The van der Waals surface area contributed by atoms with Crippen LogP contribution in [0.4, 0.5) is 0 Å². The first-order valence-electron chi connectivity index (χ1n) is 7.89. The molecule has 124 valence electrons. The summed E-state index contributed by atoms with van der Waals surface area (Å²) >= 11 is 5.87. The Labute approximate surface area is 146 Å². The van der Waals surface area contributed by atoms with Gasteiger partial charge in [0.1, 0.15) is 0 Å². The van der Waals surface area contributed by atoms with E-state index in [-0.39, 0.29) is 30.2 Å². The topological polar surface area (TPSA) is 49.4 Å². The average Bonchev–Trinajstić information content (AvgIpc) is 2.90. The predicted octanol–water partition coefficient (Wildman–Crippen LogP) is 3.18. The first kappa shape index (κ1) is 16.5. The largest absolute Gasteiger partial charge is 0.352 e. The zero-order valence-electron chi connectivity index (χ0n) is 13.4. The number of halogens is 1. The van der Waals surface area contributed by atoms with Gasteiger partial charge in [-0.1, -0.05) is 54.1 Å². The maximum absolute atomic E-state index is 12.6. The molecule has 0 unspecified atom stereocenters. The van der Waals surface area contributed by atoms with Gasteiger partial charge in [0, 0.05) is 25.0 Å². The molecule has 5 heteroatoms. The van der Waals surface area contributed by atoms with Gasteiger partial charge in [-0.15, -0.1) is 0 Å². The fraction of sp³-hybridized carbons (Fsp3) is 0.263. The smallest absolute Gasteiger partial charge is 0.226 e. The summed E-state index contributed by atoms with van der Waals surface area (Å²) < 4.78 is 0. The summed E-state index contributed by atoms with van der Waals surface area (Å²) in [4.78, 5) is 26.4. The summed E-state index contributed by atoms with van der Waals surface area (Å²) in [5.74, 6) is -0.482. The highest BCUT2D eigenvalue weighted by Gasteiger charge is 2.42. The number of rotatable bonds is 4. The van der Waals surface area contributed by atoms with Gasteiger partial charge < -0.3 is 10.2 Å². The Bertz CT molecular complexity index is 731. The van der Waals surface area contributed by atoms with E-state index in [1.165, 1.54) is 0 Å². The molecule has 0 bridgehead atoms. The van der Waals surface area contributed by atoms with Crippen molar-refractivity contribution in [3.63, 3.8) is 0 Å². The zero-order valence-corrected chi connectivity index (χ0v) is 14.2. The van der Waals surface area contributed by atoms with Crippen molar-refractivity contribution in [2.45, 2.75) is 19.0 Å². The van der Waals surface area contributed by atoms with Crippen LogP contribution in [0, 0.1) is 5.92 Å².